The summed E-state index contributed by atoms with van der Waals surface area (Å²) >= 11 is 0. The number of phenolic OH excluding ortho intramolecular Hbond substituents is 3. The topological polar surface area (TPSA) is 134 Å². The van der Waals surface area contributed by atoms with Gasteiger partial charge in [-0.3, -0.25) is 4.99 Å². The highest BCUT2D eigenvalue weighted by molar-refractivity contribution is 5.86. The van der Waals surface area contributed by atoms with Crippen LogP contribution in [-0.4, -0.2) is 62.2 Å². The molecule has 1 aromatic rings. The van der Waals surface area contributed by atoms with Crippen molar-refractivity contribution in [1.82, 2.24) is 0 Å². The first-order valence-electron chi connectivity index (χ1n) is 5.11. The lowest BCUT2D eigenvalue weighted by molar-refractivity contribution is 0.0718. The second-order valence-corrected chi connectivity index (χ2v) is 3.83. The minimum Gasteiger partial charge on any atom is -0.504 e. The van der Waals surface area contributed by atoms with E-state index >= 15 is 0 Å². The van der Waals surface area contributed by atoms with E-state index in [1.807, 2.05) is 0 Å². The molecule has 7 nitrogen and oxygen atoms in total. The van der Waals surface area contributed by atoms with Gasteiger partial charge in [0.2, 0.25) is 5.75 Å². The predicted molar refractivity (Wildman–Crippen MR) is 63.0 cm³/mol. The van der Waals surface area contributed by atoms with Gasteiger partial charge in [-0.05, 0) is 12.1 Å². The van der Waals surface area contributed by atoms with Gasteiger partial charge in [-0.15, -0.1) is 0 Å². The van der Waals surface area contributed by atoms with Crippen LogP contribution in [0.5, 0.6) is 17.2 Å². The van der Waals surface area contributed by atoms with Gasteiger partial charge in [0.05, 0.1) is 19.8 Å². The van der Waals surface area contributed by atoms with Crippen molar-refractivity contribution in [2.45, 2.75) is 5.54 Å². The fourth-order valence-corrected chi connectivity index (χ4v) is 1.17. The second-order valence-electron chi connectivity index (χ2n) is 3.83. The van der Waals surface area contributed by atoms with Crippen molar-refractivity contribution in [3.8, 4) is 17.2 Å². The zero-order valence-corrected chi connectivity index (χ0v) is 9.48. The summed E-state index contributed by atoms with van der Waals surface area (Å²) in [5.41, 5.74) is -1.38. The summed E-state index contributed by atoms with van der Waals surface area (Å²) < 4.78 is 0. The maximum atomic E-state index is 9.50. The highest BCUT2D eigenvalue weighted by Gasteiger charge is 2.26. The van der Waals surface area contributed by atoms with Crippen LogP contribution < -0.4 is 0 Å². The molecule has 0 aromatic heterocycles. The largest absolute Gasteiger partial charge is 0.504 e. The summed E-state index contributed by atoms with van der Waals surface area (Å²) in [4.78, 5) is 3.78. The van der Waals surface area contributed by atoms with Gasteiger partial charge in [-0.25, -0.2) is 0 Å². The molecule has 6 N–H and O–H groups in total. The highest BCUT2D eigenvalue weighted by Crippen LogP contribution is 2.36. The Balaban J connectivity index is 3.07. The molecule has 0 saturated heterocycles. The van der Waals surface area contributed by atoms with Gasteiger partial charge in [0.1, 0.15) is 5.54 Å². The minimum absolute atomic E-state index is 0.0741. The van der Waals surface area contributed by atoms with E-state index in [0.29, 0.717) is 0 Å². The molecule has 100 valence electrons. The maximum Gasteiger partial charge on any atom is 0.200 e. The minimum atomic E-state index is -1.46. The van der Waals surface area contributed by atoms with Crippen LogP contribution in [0.1, 0.15) is 5.56 Å². The van der Waals surface area contributed by atoms with E-state index in [1.54, 1.807) is 0 Å². The molecule has 1 aromatic carbocycles. The lowest BCUT2D eigenvalue weighted by Crippen LogP contribution is -2.39. The number of rotatable bonds is 5. The molecule has 0 aliphatic heterocycles. The van der Waals surface area contributed by atoms with Gasteiger partial charge in [0.15, 0.2) is 11.5 Å². The summed E-state index contributed by atoms with van der Waals surface area (Å²) in [6.07, 6.45) is 1.08. The molecule has 0 amide bonds. The summed E-state index contributed by atoms with van der Waals surface area (Å²) in [5, 5.41) is 55.0. The molecule has 0 radical (unpaired) electrons. The number of phenols is 3. The Bertz CT molecular complexity index is 433. The molecule has 0 fully saturated rings. The van der Waals surface area contributed by atoms with E-state index in [-0.39, 0.29) is 5.56 Å². The lowest BCUT2D eigenvalue weighted by Gasteiger charge is -2.22. The van der Waals surface area contributed by atoms with Crippen molar-refractivity contribution in [3.05, 3.63) is 17.7 Å². The molecule has 1 rings (SSSR count). The van der Waals surface area contributed by atoms with Crippen LogP contribution in [-0.2, 0) is 0 Å². The van der Waals surface area contributed by atoms with Gasteiger partial charge in [0, 0.05) is 11.8 Å². The fraction of sp³-hybridized carbons (Fsp3) is 0.364. The van der Waals surface area contributed by atoms with Gasteiger partial charge < -0.3 is 30.6 Å². The monoisotopic (exact) mass is 257 g/mol. The number of hydrogen-bond donors (Lipinski definition) is 6. The smallest absolute Gasteiger partial charge is 0.200 e. The molecule has 0 aliphatic carbocycles. The number of hydrogen-bond acceptors (Lipinski definition) is 7. The first-order chi connectivity index (χ1) is 8.49. The van der Waals surface area contributed by atoms with Crippen molar-refractivity contribution >= 4 is 6.21 Å². The van der Waals surface area contributed by atoms with Crippen LogP contribution in [0.3, 0.4) is 0 Å². The van der Waals surface area contributed by atoms with Crippen LogP contribution >= 0.6 is 0 Å². The summed E-state index contributed by atoms with van der Waals surface area (Å²) in [6, 6.07) is 2.43. The molecule has 18 heavy (non-hydrogen) atoms. The van der Waals surface area contributed by atoms with Crippen molar-refractivity contribution in [3.63, 3.8) is 0 Å². The molecule has 0 unspecified atom stereocenters. The van der Waals surface area contributed by atoms with Crippen molar-refractivity contribution in [2.24, 2.45) is 4.99 Å². The van der Waals surface area contributed by atoms with Gasteiger partial charge >= 0.3 is 0 Å². The predicted octanol–water partition coefficient (Wildman–Crippen LogP) is -1.06. The molecule has 7 heteroatoms. The normalized spacial score (nSPS) is 12.2. The number of aliphatic hydroxyl groups is 3. The molecule has 0 atom stereocenters. The van der Waals surface area contributed by atoms with Crippen LogP contribution in [0.2, 0.25) is 0 Å². The Labute approximate surface area is 103 Å². The molecule has 0 heterocycles. The molecule has 0 saturated carbocycles. The van der Waals surface area contributed by atoms with Crippen LogP contribution in [0.25, 0.3) is 0 Å². The number of nitrogens with zero attached hydrogens (tertiary/aromatic N) is 1. The van der Waals surface area contributed by atoms with E-state index in [9.17, 15) is 10.2 Å². The second kappa shape index (κ2) is 5.67. The number of benzene rings is 1. The van der Waals surface area contributed by atoms with Crippen molar-refractivity contribution in [2.75, 3.05) is 19.8 Å². The molecular weight excluding hydrogens is 242 g/mol. The molecule has 0 spiro atoms. The van der Waals surface area contributed by atoms with E-state index < -0.39 is 42.6 Å². The highest BCUT2D eigenvalue weighted by atomic mass is 16.3. The van der Waals surface area contributed by atoms with E-state index in [0.717, 1.165) is 12.3 Å². The molecule has 0 aliphatic rings. The maximum absolute atomic E-state index is 9.50. The Morgan fingerprint density at radius 1 is 0.944 bits per heavy atom. The Morgan fingerprint density at radius 3 is 2.00 bits per heavy atom. The Morgan fingerprint density at radius 2 is 1.50 bits per heavy atom. The lowest BCUT2D eigenvalue weighted by atomic mass is 10.0. The van der Waals surface area contributed by atoms with Gasteiger partial charge in [-0.2, -0.15) is 0 Å². The Kier molecular flexibility index (Phi) is 4.49. The third-order valence-electron chi connectivity index (χ3n) is 2.52. The first-order valence-corrected chi connectivity index (χ1v) is 5.11. The quantitative estimate of drug-likeness (QED) is 0.294. The fourth-order valence-electron chi connectivity index (χ4n) is 1.17. The average molecular weight is 257 g/mol. The van der Waals surface area contributed by atoms with Crippen molar-refractivity contribution in [1.29, 1.82) is 0 Å². The first kappa shape index (κ1) is 14.2. The molecule has 0 bridgehead atoms. The summed E-state index contributed by atoms with van der Waals surface area (Å²) in [5.74, 6) is -1.76. The number of aliphatic hydroxyl groups excluding tert-OH is 3. The number of aromatic hydroxyl groups is 3. The zero-order valence-electron chi connectivity index (χ0n) is 9.48. The van der Waals surface area contributed by atoms with E-state index in [2.05, 4.69) is 4.99 Å². The van der Waals surface area contributed by atoms with Gasteiger partial charge in [0.25, 0.3) is 0 Å². The van der Waals surface area contributed by atoms with Crippen LogP contribution in [0.15, 0.2) is 17.1 Å². The van der Waals surface area contributed by atoms with Crippen LogP contribution in [0, 0.1) is 0 Å². The SMILES string of the molecule is OCC(CO)(CO)N=Cc1ccc(O)c(O)c1O. The van der Waals surface area contributed by atoms with Crippen molar-refractivity contribution < 1.29 is 30.6 Å². The summed E-state index contributed by atoms with van der Waals surface area (Å²) in [6.45, 7) is -1.75. The third-order valence-corrected chi connectivity index (χ3v) is 2.52. The Hall–Kier alpha value is -1.83. The zero-order chi connectivity index (χ0) is 13.8. The number of aliphatic imine (C=N–C) groups is 1. The van der Waals surface area contributed by atoms with E-state index in [1.165, 1.54) is 6.07 Å². The van der Waals surface area contributed by atoms with E-state index in [4.69, 9.17) is 20.4 Å². The summed E-state index contributed by atoms with van der Waals surface area (Å²) in [7, 11) is 0. The third kappa shape index (κ3) is 2.70. The van der Waals surface area contributed by atoms with Crippen LogP contribution in [0.4, 0.5) is 0 Å². The molecular formula is C11H15NO6. The van der Waals surface area contributed by atoms with Gasteiger partial charge in [-0.1, -0.05) is 0 Å². The standard InChI is InChI=1S/C11H15NO6/c13-4-11(5-14,6-15)12-3-7-1-2-8(16)10(18)9(7)17/h1-3,13-18H,4-6H2. The average Bonchev–Trinajstić information content (AvgIpc) is 2.40.